The number of carbonyl (C=O) groups excluding carboxylic acids is 1. The Hall–Kier alpha value is -2.15. The van der Waals surface area contributed by atoms with Crippen LogP contribution >= 0.6 is 11.3 Å². The van der Waals surface area contributed by atoms with Gasteiger partial charge in [0.2, 0.25) is 0 Å². The fraction of sp³-hybridized carbons (Fsp3) is 0.412. The first-order valence-electron chi connectivity index (χ1n) is 7.62. The number of rotatable bonds is 4. The first kappa shape index (κ1) is 18.2. The number of aryl methyl sites for hydroxylation is 1. The van der Waals surface area contributed by atoms with E-state index in [0.29, 0.717) is 5.69 Å². The maximum Gasteiger partial charge on any atom is 0.412 e. The number of nitrogens with zero attached hydrogens (tertiary/aromatic N) is 1. The normalized spacial score (nSPS) is 12.6. The maximum absolute atomic E-state index is 13.9. The highest BCUT2D eigenvalue weighted by Crippen LogP contribution is 2.25. The Kier molecular flexibility index (Phi) is 5.43. The van der Waals surface area contributed by atoms with Gasteiger partial charge in [0.05, 0.1) is 22.4 Å². The van der Waals surface area contributed by atoms with Crippen LogP contribution in [-0.2, 0) is 4.74 Å². The summed E-state index contributed by atoms with van der Waals surface area (Å²) in [7, 11) is 0. The molecule has 0 spiro atoms. The Morgan fingerprint density at radius 3 is 2.67 bits per heavy atom. The second-order valence-corrected chi connectivity index (χ2v) is 7.54. The van der Waals surface area contributed by atoms with Crippen molar-refractivity contribution in [3.05, 3.63) is 40.1 Å². The number of thiazole rings is 1. The van der Waals surface area contributed by atoms with Crippen molar-refractivity contribution in [3.63, 3.8) is 0 Å². The number of ether oxygens (including phenoxy) is 1. The number of anilines is 2. The predicted molar refractivity (Wildman–Crippen MR) is 95.1 cm³/mol. The number of aromatic nitrogens is 1. The molecule has 1 heterocycles. The standard InChI is InChI=1S/C17H22FN3O2S/c1-10(15-9-24-11(2)20-15)19-12-6-7-13(18)14(8-12)21-16(22)23-17(3,4)5/h6-10,19H,1-5H3,(H,21,22). The SMILES string of the molecule is Cc1nc(C(C)Nc2ccc(F)c(NC(=O)OC(C)(C)C)c2)cs1. The Morgan fingerprint density at radius 1 is 1.38 bits per heavy atom. The third-order valence-electron chi connectivity index (χ3n) is 3.07. The second kappa shape index (κ2) is 7.17. The summed E-state index contributed by atoms with van der Waals surface area (Å²) < 4.78 is 19.1. The number of nitrogens with one attached hydrogen (secondary N) is 2. The van der Waals surface area contributed by atoms with Crippen molar-refractivity contribution in [1.29, 1.82) is 0 Å². The van der Waals surface area contributed by atoms with Crippen molar-refractivity contribution in [2.45, 2.75) is 46.3 Å². The molecule has 0 aliphatic carbocycles. The van der Waals surface area contributed by atoms with Crippen LogP contribution in [0.15, 0.2) is 23.6 Å². The Bertz CT molecular complexity index is 725. The molecule has 0 fully saturated rings. The number of hydrogen-bond donors (Lipinski definition) is 2. The zero-order chi connectivity index (χ0) is 17.9. The van der Waals surface area contributed by atoms with Crippen LogP contribution in [0, 0.1) is 12.7 Å². The Balaban J connectivity index is 2.09. The molecule has 0 bridgehead atoms. The highest BCUT2D eigenvalue weighted by atomic mass is 32.1. The summed E-state index contributed by atoms with van der Waals surface area (Å²) in [6.07, 6.45) is -0.693. The van der Waals surface area contributed by atoms with Gasteiger partial charge in [-0.05, 0) is 52.8 Å². The van der Waals surface area contributed by atoms with E-state index in [1.54, 1.807) is 38.2 Å². The molecule has 1 unspecified atom stereocenters. The molecular weight excluding hydrogens is 329 g/mol. The van der Waals surface area contributed by atoms with Crippen molar-refractivity contribution < 1.29 is 13.9 Å². The van der Waals surface area contributed by atoms with E-state index < -0.39 is 17.5 Å². The van der Waals surface area contributed by atoms with Gasteiger partial charge in [0.15, 0.2) is 0 Å². The van der Waals surface area contributed by atoms with Crippen LogP contribution in [0.4, 0.5) is 20.6 Å². The molecule has 1 aromatic carbocycles. The van der Waals surface area contributed by atoms with Crippen molar-refractivity contribution in [1.82, 2.24) is 4.98 Å². The van der Waals surface area contributed by atoms with E-state index in [1.165, 1.54) is 12.1 Å². The Labute approximate surface area is 145 Å². The van der Waals surface area contributed by atoms with Crippen LogP contribution in [0.2, 0.25) is 0 Å². The second-order valence-electron chi connectivity index (χ2n) is 6.48. The smallest absolute Gasteiger partial charge is 0.412 e. The van der Waals surface area contributed by atoms with Crippen LogP contribution in [0.3, 0.4) is 0 Å². The van der Waals surface area contributed by atoms with Gasteiger partial charge in [-0.2, -0.15) is 0 Å². The van der Waals surface area contributed by atoms with E-state index in [-0.39, 0.29) is 11.7 Å². The van der Waals surface area contributed by atoms with Gasteiger partial charge in [-0.1, -0.05) is 0 Å². The number of carbonyl (C=O) groups is 1. The lowest BCUT2D eigenvalue weighted by atomic mass is 10.2. The topological polar surface area (TPSA) is 63.2 Å². The number of amides is 1. The molecule has 0 aliphatic rings. The van der Waals surface area contributed by atoms with Crippen LogP contribution in [0.1, 0.15) is 44.4 Å². The molecule has 24 heavy (non-hydrogen) atoms. The van der Waals surface area contributed by atoms with Crippen LogP contribution in [0.5, 0.6) is 0 Å². The van der Waals surface area contributed by atoms with E-state index >= 15 is 0 Å². The monoisotopic (exact) mass is 351 g/mol. The van der Waals surface area contributed by atoms with Gasteiger partial charge in [-0.3, -0.25) is 5.32 Å². The van der Waals surface area contributed by atoms with Crippen molar-refractivity contribution >= 4 is 28.8 Å². The fourth-order valence-corrected chi connectivity index (χ4v) is 2.73. The highest BCUT2D eigenvalue weighted by molar-refractivity contribution is 7.09. The van der Waals surface area contributed by atoms with Gasteiger partial charge in [0.25, 0.3) is 0 Å². The largest absolute Gasteiger partial charge is 0.444 e. The molecule has 130 valence electrons. The molecule has 0 saturated heterocycles. The van der Waals surface area contributed by atoms with Crippen molar-refractivity contribution in [2.24, 2.45) is 0 Å². The zero-order valence-corrected chi connectivity index (χ0v) is 15.3. The van der Waals surface area contributed by atoms with E-state index in [2.05, 4.69) is 15.6 Å². The lowest BCUT2D eigenvalue weighted by Crippen LogP contribution is -2.27. The molecule has 1 atom stereocenters. The number of hydrogen-bond acceptors (Lipinski definition) is 5. The summed E-state index contributed by atoms with van der Waals surface area (Å²) in [5.74, 6) is -0.524. The molecule has 2 rings (SSSR count). The molecule has 0 radical (unpaired) electrons. The Morgan fingerprint density at radius 2 is 2.08 bits per heavy atom. The maximum atomic E-state index is 13.9. The average Bonchev–Trinajstić information content (AvgIpc) is 2.87. The zero-order valence-electron chi connectivity index (χ0n) is 14.4. The van der Waals surface area contributed by atoms with Crippen LogP contribution < -0.4 is 10.6 Å². The van der Waals surface area contributed by atoms with E-state index in [9.17, 15) is 9.18 Å². The first-order valence-corrected chi connectivity index (χ1v) is 8.50. The predicted octanol–water partition coefficient (Wildman–Crippen LogP) is 5.11. The molecule has 2 N–H and O–H groups in total. The van der Waals surface area contributed by atoms with Gasteiger partial charge in [-0.25, -0.2) is 14.2 Å². The highest BCUT2D eigenvalue weighted by Gasteiger charge is 2.18. The van der Waals surface area contributed by atoms with Crippen molar-refractivity contribution in [3.8, 4) is 0 Å². The lowest BCUT2D eigenvalue weighted by molar-refractivity contribution is 0.0635. The van der Waals surface area contributed by atoms with Gasteiger partial charge >= 0.3 is 6.09 Å². The molecule has 0 saturated carbocycles. The van der Waals surface area contributed by atoms with Crippen molar-refractivity contribution in [2.75, 3.05) is 10.6 Å². The quantitative estimate of drug-likeness (QED) is 0.803. The van der Waals surface area contributed by atoms with E-state index in [0.717, 1.165) is 10.7 Å². The fourth-order valence-electron chi connectivity index (χ4n) is 2.03. The summed E-state index contributed by atoms with van der Waals surface area (Å²) in [6.45, 7) is 9.16. The summed E-state index contributed by atoms with van der Waals surface area (Å²) in [5, 5.41) is 8.65. The van der Waals surface area contributed by atoms with E-state index in [4.69, 9.17) is 4.74 Å². The molecule has 2 aromatic rings. The van der Waals surface area contributed by atoms with Gasteiger partial charge in [-0.15, -0.1) is 11.3 Å². The molecule has 0 aliphatic heterocycles. The minimum absolute atomic E-state index is 0.0326. The molecule has 5 nitrogen and oxygen atoms in total. The van der Waals surface area contributed by atoms with Crippen LogP contribution in [0.25, 0.3) is 0 Å². The van der Waals surface area contributed by atoms with E-state index in [1.807, 2.05) is 19.2 Å². The summed E-state index contributed by atoms with van der Waals surface area (Å²) in [5.41, 5.74) is 1.02. The average molecular weight is 351 g/mol. The molecule has 1 amide bonds. The first-order chi connectivity index (χ1) is 11.1. The summed E-state index contributed by atoms with van der Waals surface area (Å²) >= 11 is 1.58. The third-order valence-corrected chi connectivity index (χ3v) is 3.86. The number of halogens is 1. The van der Waals surface area contributed by atoms with Gasteiger partial charge in [0.1, 0.15) is 11.4 Å². The molecule has 7 heteroatoms. The third kappa shape index (κ3) is 5.19. The summed E-state index contributed by atoms with van der Waals surface area (Å²) in [4.78, 5) is 16.2. The van der Waals surface area contributed by atoms with Gasteiger partial charge < -0.3 is 10.1 Å². The minimum Gasteiger partial charge on any atom is -0.444 e. The lowest BCUT2D eigenvalue weighted by Gasteiger charge is -2.20. The van der Waals surface area contributed by atoms with Gasteiger partial charge in [0, 0.05) is 11.1 Å². The summed E-state index contributed by atoms with van der Waals surface area (Å²) in [6, 6.07) is 4.42. The minimum atomic E-state index is -0.693. The number of benzene rings is 1. The molecule has 1 aromatic heterocycles. The van der Waals surface area contributed by atoms with Crippen LogP contribution in [-0.4, -0.2) is 16.7 Å². The molecular formula is C17H22FN3O2S.